The number of thiazole rings is 1. The lowest BCUT2D eigenvalue weighted by molar-refractivity contribution is 0.0920. The molecule has 24 heavy (non-hydrogen) atoms. The smallest absolute Gasteiger partial charge is 0.270 e. The molecule has 3 aromatic rings. The number of nitrogens with zero attached hydrogens (tertiary/aromatic N) is 2. The molecule has 0 radical (unpaired) electrons. The van der Waals surface area contributed by atoms with Crippen LogP contribution < -0.4 is 4.90 Å². The molecule has 1 atom stereocenters. The molecule has 0 bridgehead atoms. The molecule has 1 aliphatic heterocycles. The van der Waals surface area contributed by atoms with Crippen LogP contribution in [0.25, 0.3) is 10.2 Å². The maximum atomic E-state index is 13.1. The number of aromatic nitrogens is 1. The van der Waals surface area contributed by atoms with Crippen LogP contribution in [0.5, 0.6) is 0 Å². The van der Waals surface area contributed by atoms with Crippen molar-refractivity contribution in [2.24, 2.45) is 0 Å². The van der Waals surface area contributed by atoms with Crippen LogP contribution in [0.4, 0.5) is 5.13 Å². The monoisotopic (exact) mass is 358 g/mol. The summed E-state index contributed by atoms with van der Waals surface area (Å²) >= 11 is 3.09. The van der Waals surface area contributed by atoms with Gasteiger partial charge >= 0.3 is 0 Å². The first-order valence-corrected chi connectivity index (χ1v) is 9.69. The molecule has 6 heteroatoms. The second-order valence-corrected chi connectivity index (χ2v) is 8.22. The van der Waals surface area contributed by atoms with E-state index in [0.717, 1.165) is 44.6 Å². The number of hydrogen-bond donors (Lipinski definition) is 0. The van der Waals surface area contributed by atoms with Gasteiger partial charge in [0.25, 0.3) is 5.91 Å². The largest absolute Gasteiger partial charge is 0.376 e. The molecule has 1 aromatic carbocycles. The summed E-state index contributed by atoms with van der Waals surface area (Å²) in [7, 11) is 0. The van der Waals surface area contributed by atoms with Crippen molar-refractivity contribution in [1.29, 1.82) is 0 Å². The minimum absolute atomic E-state index is 0.0163. The lowest BCUT2D eigenvalue weighted by atomic mass is 10.2. The van der Waals surface area contributed by atoms with Gasteiger partial charge in [0.05, 0.1) is 27.7 Å². The quantitative estimate of drug-likeness (QED) is 0.690. The number of carbonyl (C=O) groups is 1. The molecule has 4 rings (SSSR count). The van der Waals surface area contributed by atoms with E-state index in [4.69, 9.17) is 4.74 Å². The Morgan fingerprint density at radius 1 is 1.29 bits per heavy atom. The zero-order chi connectivity index (χ0) is 16.5. The van der Waals surface area contributed by atoms with Gasteiger partial charge in [-0.15, -0.1) is 11.3 Å². The molecule has 0 aliphatic carbocycles. The van der Waals surface area contributed by atoms with Crippen LogP contribution in [-0.2, 0) is 4.74 Å². The number of carbonyl (C=O) groups excluding carboxylic acids is 1. The first kappa shape index (κ1) is 15.7. The Bertz CT molecular complexity index is 832. The maximum absolute atomic E-state index is 13.1. The minimum Gasteiger partial charge on any atom is -0.376 e. The molecular weight excluding hydrogens is 340 g/mol. The molecule has 3 heterocycles. The molecule has 1 fully saturated rings. The summed E-state index contributed by atoms with van der Waals surface area (Å²) in [6, 6.07) is 11.9. The van der Waals surface area contributed by atoms with Crippen LogP contribution in [0.1, 0.15) is 27.4 Å². The zero-order valence-corrected chi connectivity index (χ0v) is 15.0. The van der Waals surface area contributed by atoms with E-state index in [2.05, 4.69) is 4.98 Å². The molecule has 1 amide bonds. The summed E-state index contributed by atoms with van der Waals surface area (Å²) in [4.78, 5) is 21.4. The van der Waals surface area contributed by atoms with Crippen LogP contribution in [-0.4, -0.2) is 30.1 Å². The molecule has 1 aliphatic rings. The average molecular weight is 358 g/mol. The maximum Gasteiger partial charge on any atom is 0.270 e. The SMILES string of the molecule is Cc1ccc(C(=O)N(CC2CCCO2)c2nc3ccccc3s2)s1. The topological polar surface area (TPSA) is 42.4 Å². The third kappa shape index (κ3) is 3.09. The Hall–Kier alpha value is -1.76. The van der Waals surface area contributed by atoms with E-state index in [0.29, 0.717) is 6.54 Å². The Balaban J connectivity index is 1.69. The van der Waals surface area contributed by atoms with Gasteiger partial charge < -0.3 is 4.74 Å². The number of amides is 1. The number of thiophene rings is 1. The fourth-order valence-electron chi connectivity index (χ4n) is 2.90. The highest BCUT2D eigenvalue weighted by molar-refractivity contribution is 7.22. The zero-order valence-electron chi connectivity index (χ0n) is 13.4. The van der Waals surface area contributed by atoms with Crippen LogP contribution in [0.2, 0.25) is 0 Å². The number of ether oxygens (including phenoxy) is 1. The Kier molecular flexibility index (Phi) is 4.35. The van der Waals surface area contributed by atoms with Gasteiger partial charge in [-0.2, -0.15) is 0 Å². The van der Waals surface area contributed by atoms with E-state index in [1.54, 1.807) is 16.2 Å². The third-order valence-electron chi connectivity index (χ3n) is 4.12. The Morgan fingerprint density at radius 3 is 2.88 bits per heavy atom. The van der Waals surface area contributed by atoms with Crippen molar-refractivity contribution in [2.75, 3.05) is 18.1 Å². The van der Waals surface area contributed by atoms with Gasteiger partial charge in [-0.05, 0) is 44.0 Å². The van der Waals surface area contributed by atoms with E-state index in [9.17, 15) is 4.79 Å². The predicted molar refractivity (Wildman–Crippen MR) is 99.3 cm³/mol. The lowest BCUT2D eigenvalue weighted by Gasteiger charge is -2.22. The second kappa shape index (κ2) is 6.63. The molecule has 0 N–H and O–H groups in total. The lowest BCUT2D eigenvalue weighted by Crippen LogP contribution is -2.37. The van der Waals surface area contributed by atoms with E-state index >= 15 is 0 Å². The molecule has 1 saturated heterocycles. The molecule has 4 nitrogen and oxygen atoms in total. The number of rotatable bonds is 4. The summed E-state index contributed by atoms with van der Waals surface area (Å²) in [6.45, 7) is 3.36. The second-order valence-electron chi connectivity index (χ2n) is 5.93. The number of anilines is 1. The van der Waals surface area contributed by atoms with Crippen molar-refractivity contribution in [3.8, 4) is 0 Å². The van der Waals surface area contributed by atoms with Crippen LogP contribution in [0.3, 0.4) is 0 Å². The van der Waals surface area contributed by atoms with Crippen molar-refractivity contribution in [3.05, 3.63) is 46.2 Å². The first-order chi connectivity index (χ1) is 11.7. The van der Waals surface area contributed by atoms with Gasteiger partial charge in [-0.25, -0.2) is 4.98 Å². The highest BCUT2D eigenvalue weighted by atomic mass is 32.1. The number of benzene rings is 1. The van der Waals surface area contributed by atoms with Gasteiger partial charge in [0, 0.05) is 11.5 Å². The van der Waals surface area contributed by atoms with Crippen molar-refractivity contribution >= 4 is 43.9 Å². The van der Waals surface area contributed by atoms with Crippen molar-refractivity contribution < 1.29 is 9.53 Å². The summed E-state index contributed by atoms with van der Waals surface area (Å²) in [6.07, 6.45) is 2.16. The molecule has 124 valence electrons. The number of fused-ring (bicyclic) bond motifs is 1. The van der Waals surface area contributed by atoms with E-state index in [1.165, 1.54) is 11.3 Å². The van der Waals surface area contributed by atoms with Crippen LogP contribution in [0, 0.1) is 6.92 Å². The normalized spacial score (nSPS) is 17.5. The Morgan fingerprint density at radius 2 is 2.17 bits per heavy atom. The number of hydrogen-bond acceptors (Lipinski definition) is 5. The highest BCUT2D eigenvalue weighted by Crippen LogP contribution is 2.31. The number of para-hydroxylation sites is 1. The summed E-state index contributed by atoms with van der Waals surface area (Å²) in [5.41, 5.74) is 0.935. The first-order valence-electron chi connectivity index (χ1n) is 8.06. The van der Waals surface area contributed by atoms with Crippen LogP contribution in [0.15, 0.2) is 36.4 Å². The molecule has 0 saturated carbocycles. The minimum atomic E-state index is 0.0163. The molecule has 0 spiro atoms. The summed E-state index contributed by atoms with van der Waals surface area (Å²) in [5, 5.41) is 0.753. The van der Waals surface area contributed by atoms with E-state index < -0.39 is 0 Å². The predicted octanol–water partition coefficient (Wildman–Crippen LogP) is 4.49. The highest BCUT2D eigenvalue weighted by Gasteiger charge is 2.27. The van der Waals surface area contributed by atoms with Crippen LogP contribution >= 0.6 is 22.7 Å². The standard InChI is InChI=1S/C18H18N2O2S2/c1-12-8-9-16(23-12)17(21)20(11-13-5-4-10-22-13)18-19-14-6-2-3-7-15(14)24-18/h2-3,6-9,13H,4-5,10-11H2,1H3. The molecule has 1 unspecified atom stereocenters. The van der Waals surface area contributed by atoms with Gasteiger partial charge in [-0.1, -0.05) is 23.5 Å². The van der Waals surface area contributed by atoms with Gasteiger partial charge in [0.1, 0.15) is 0 Å². The summed E-state index contributed by atoms with van der Waals surface area (Å²) < 4.78 is 6.85. The third-order valence-corrected chi connectivity index (χ3v) is 6.17. The van der Waals surface area contributed by atoms with E-state index in [1.807, 2.05) is 43.3 Å². The van der Waals surface area contributed by atoms with Gasteiger partial charge in [-0.3, -0.25) is 9.69 Å². The molecule has 2 aromatic heterocycles. The Labute approximate surface area is 148 Å². The fraction of sp³-hybridized carbons (Fsp3) is 0.333. The van der Waals surface area contributed by atoms with Crippen molar-refractivity contribution in [1.82, 2.24) is 4.98 Å². The number of aryl methyl sites for hydroxylation is 1. The summed E-state index contributed by atoms with van der Waals surface area (Å²) in [5.74, 6) is 0.0163. The van der Waals surface area contributed by atoms with Crippen molar-refractivity contribution in [3.63, 3.8) is 0 Å². The average Bonchev–Trinajstić information content (AvgIpc) is 3.32. The van der Waals surface area contributed by atoms with E-state index in [-0.39, 0.29) is 12.0 Å². The van der Waals surface area contributed by atoms with Crippen molar-refractivity contribution in [2.45, 2.75) is 25.9 Å². The molecular formula is C18H18N2O2S2. The van der Waals surface area contributed by atoms with Gasteiger partial charge in [0.2, 0.25) is 0 Å². The fourth-order valence-corrected chi connectivity index (χ4v) is 4.69. The van der Waals surface area contributed by atoms with Gasteiger partial charge in [0.15, 0.2) is 5.13 Å².